The van der Waals surface area contributed by atoms with Crippen molar-refractivity contribution in [1.82, 2.24) is 0 Å². The van der Waals surface area contributed by atoms with E-state index in [-0.39, 0.29) is 10.1 Å². The van der Waals surface area contributed by atoms with Gasteiger partial charge in [0, 0.05) is 5.69 Å². The minimum atomic E-state index is -0.686. The minimum Gasteiger partial charge on any atom is -0.432 e. The quantitative estimate of drug-likeness (QED) is 0.812. The molecule has 0 aromatic heterocycles. The maximum Gasteiger partial charge on any atom is 0.353 e. The van der Waals surface area contributed by atoms with Gasteiger partial charge in [-0.15, -0.1) is 0 Å². The van der Waals surface area contributed by atoms with Gasteiger partial charge in [-0.05, 0) is 12.1 Å². The first-order valence-electron chi connectivity index (χ1n) is 4.26. The number of ether oxygens (including phenoxy) is 1. The van der Waals surface area contributed by atoms with Gasteiger partial charge in [0.15, 0.2) is 0 Å². The first-order chi connectivity index (χ1) is 7.18. The summed E-state index contributed by atoms with van der Waals surface area (Å²) < 4.78 is 4.90. The lowest BCUT2D eigenvalue weighted by Gasteiger charge is -2.13. The summed E-state index contributed by atoms with van der Waals surface area (Å²) in [6.07, 6.45) is -0.686. The summed E-state index contributed by atoms with van der Waals surface area (Å²) in [4.78, 5) is 11.0. The Bertz CT molecular complexity index is 417. The second-order valence-corrected chi connectivity index (χ2v) is 3.74. The van der Waals surface area contributed by atoms with Crippen molar-refractivity contribution in [1.29, 1.82) is 0 Å². The molecular weight excluding hydrogens is 237 g/mol. The number of hydrogen-bond donors (Lipinski definition) is 1. The normalized spacial score (nSPS) is 20.4. The molecule has 15 heavy (non-hydrogen) atoms. The third kappa shape index (κ3) is 2.08. The molecule has 1 N–H and O–H groups in total. The summed E-state index contributed by atoms with van der Waals surface area (Å²) in [5.74, 6) is -0.602. The Morgan fingerprint density at radius 3 is 2.40 bits per heavy atom. The lowest BCUT2D eigenvalue weighted by atomic mass is 10.3. The zero-order valence-corrected chi connectivity index (χ0v) is 9.05. The van der Waals surface area contributed by atoms with E-state index < -0.39 is 12.2 Å². The molecule has 2 rings (SSSR count). The Labute approximate surface area is 96.6 Å². The molecule has 0 fully saturated rings. The number of esters is 1. The minimum absolute atomic E-state index is 0.0647. The van der Waals surface area contributed by atoms with E-state index in [2.05, 4.69) is 5.32 Å². The molecule has 0 radical (unpaired) electrons. The van der Waals surface area contributed by atoms with Gasteiger partial charge in [-0.2, -0.15) is 0 Å². The number of para-hydroxylation sites is 1. The highest BCUT2D eigenvalue weighted by molar-refractivity contribution is 6.48. The molecule has 0 unspecified atom stereocenters. The Balaban J connectivity index is 2.13. The molecule has 1 aliphatic rings. The van der Waals surface area contributed by atoms with E-state index in [1.54, 1.807) is 0 Å². The highest BCUT2D eigenvalue weighted by Crippen LogP contribution is 2.29. The number of nitrogens with one attached hydrogen (secondary N) is 1. The van der Waals surface area contributed by atoms with Gasteiger partial charge in [0.25, 0.3) is 0 Å². The Kier molecular flexibility index (Phi) is 2.84. The SMILES string of the molecule is O=C1O[C@H](Nc2ccccc2)C(Cl)=C1Cl. The summed E-state index contributed by atoms with van der Waals surface area (Å²) >= 11 is 11.4. The third-order valence-corrected chi connectivity index (χ3v) is 2.76. The van der Waals surface area contributed by atoms with E-state index in [0.717, 1.165) is 5.69 Å². The first kappa shape index (κ1) is 10.3. The number of rotatable bonds is 2. The molecule has 78 valence electrons. The third-order valence-electron chi connectivity index (χ3n) is 1.92. The standard InChI is InChI=1S/C10H7Cl2NO2/c11-7-8(12)10(14)15-9(7)13-6-4-2-1-3-5-6/h1-5,9,13H/t9-/m0/s1. The van der Waals surface area contributed by atoms with Crippen molar-refractivity contribution in [3.8, 4) is 0 Å². The van der Waals surface area contributed by atoms with E-state index in [9.17, 15) is 4.79 Å². The zero-order chi connectivity index (χ0) is 10.8. The molecule has 1 atom stereocenters. The number of anilines is 1. The van der Waals surface area contributed by atoms with Gasteiger partial charge >= 0.3 is 5.97 Å². The van der Waals surface area contributed by atoms with Crippen molar-refractivity contribution in [2.75, 3.05) is 5.32 Å². The molecular formula is C10H7Cl2NO2. The topological polar surface area (TPSA) is 38.3 Å². The number of carbonyl (C=O) groups excluding carboxylic acids is 1. The fourth-order valence-corrected chi connectivity index (χ4v) is 1.52. The summed E-state index contributed by atoms with van der Waals surface area (Å²) in [5.41, 5.74) is 0.805. The molecule has 1 heterocycles. The maximum absolute atomic E-state index is 11.0. The number of benzene rings is 1. The molecule has 5 heteroatoms. The second kappa shape index (κ2) is 4.13. The van der Waals surface area contributed by atoms with Gasteiger partial charge in [-0.1, -0.05) is 41.4 Å². The largest absolute Gasteiger partial charge is 0.432 e. The van der Waals surface area contributed by atoms with E-state index in [4.69, 9.17) is 27.9 Å². The van der Waals surface area contributed by atoms with Gasteiger partial charge in [-0.25, -0.2) is 4.79 Å². The predicted molar refractivity (Wildman–Crippen MR) is 58.7 cm³/mol. The average molecular weight is 244 g/mol. The van der Waals surface area contributed by atoms with E-state index >= 15 is 0 Å². The van der Waals surface area contributed by atoms with Crippen molar-refractivity contribution in [2.45, 2.75) is 6.23 Å². The highest BCUT2D eigenvalue weighted by atomic mass is 35.5. The molecule has 0 saturated heterocycles. The van der Waals surface area contributed by atoms with Gasteiger partial charge in [0.2, 0.25) is 6.23 Å². The van der Waals surface area contributed by atoms with Crippen LogP contribution in [0.2, 0.25) is 0 Å². The van der Waals surface area contributed by atoms with Crippen LogP contribution < -0.4 is 5.32 Å². The second-order valence-electron chi connectivity index (χ2n) is 2.96. The lowest BCUT2D eigenvalue weighted by molar-refractivity contribution is -0.138. The predicted octanol–water partition coefficient (Wildman–Crippen LogP) is 2.67. The van der Waals surface area contributed by atoms with Crippen LogP contribution in [0.3, 0.4) is 0 Å². The van der Waals surface area contributed by atoms with Crippen LogP contribution in [0, 0.1) is 0 Å². The zero-order valence-electron chi connectivity index (χ0n) is 7.54. The van der Waals surface area contributed by atoms with Gasteiger partial charge in [0.05, 0.1) is 0 Å². The van der Waals surface area contributed by atoms with Gasteiger partial charge < -0.3 is 10.1 Å². The molecule has 0 bridgehead atoms. The van der Waals surface area contributed by atoms with Gasteiger partial charge in [0.1, 0.15) is 10.1 Å². The van der Waals surface area contributed by atoms with Crippen LogP contribution in [-0.4, -0.2) is 12.2 Å². The molecule has 3 nitrogen and oxygen atoms in total. The molecule has 0 amide bonds. The first-order valence-corrected chi connectivity index (χ1v) is 5.02. The highest BCUT2D eigenvalue weighted by Gasteiger charge is 2.31. The summed E-state index contributed by atoms with van der Waals surface area (Å²) in [7, 11) is 0. The van der Waals surface area contributed by atoms with Crippen LogP contribution in [0.15, 0.2) is 40.4 Å². The van der Waals surface area contributed by atoms with Crippen LogP contribution in [-0.2, 0) is 9.53 Å². The van der Waals surface area contributed by atoms with Crippen molar-refractivity contribution in [3.63, 3.8) is 0 Å². The monoisotopic (exact) mass is 243 g/mol. The Morgan fingerprint density at radius 1 is 1.20 bits per heavy atom. The molecule has 1 aromatic rings. The van der Waals surface area contributed by atoms with Crippen LogP contribution in [0.5, 0.6) is 0 Å². The molecule has 1 aromatic carbocycles. The fraction of sp³-hybridized carbons (Fsp3) is 0.100. The van der Waals surface area contributed by atoms with Crippen molar-refractivity contribution in [3.05, 3.63) is 40.4 Å². The van der Waals surface area contributed by atoms with E-state index in [1.807, 2.05) is 30.3 Å². The molecule has 0 saturated carbocycles. The van der Waals surface area contributed by atoms with Gasteiger partial charge in [-0.3, -0.25) is 0 Å². The molecule has 0 aliphatic carbocycles. The number of cyclic esters (lactones) is 1. The van der Waals surface area contributed by atoms with Crippen LogP contribution in [0.1, 0.15) is 0 Å². The Morgan fingerprint density at radius 2 is 1.87 bits per heavy atom. The Hall–Kier alpha value is -1.19. The van der Waals surface area contributed by atoms with Crippen LogP contribution in [0.4, 0.5) is 5.69 Å². The lowest BCUT2D eigenvalue weighted by Crippen LogP contribution is -2.20. The number of halogens is 2. The number of hydrogen-bond acceptors (Lipinski definition) is 3. The average Bonchev–Trinajstić information content (AvgIpc) is 2.48. The van der Waals surface area contributed by atoms with Crippen LogP contribution in [0.25, 0.3) is 0 Å². The summed E-state index contributed by atoms with van der Waals surface area (Å²) in [6.45, 7) is 0. The van der Waals surface area contributed by atoms with Crippen molar-refractivity contribution < 1.29 is 9.53 Å². The summed E-state index contributed by atoms with van der Waals surface area (Å²) in [6, 6.07) is 9.28. The smallest absolute Gasteiger partial charge is 0.353 e. The molecule has 0 spiro atoms. The van der Waals surface area contributed by atoms with Crippen molar-refractivity contribution >= 4 is 34.9 Å². The van der Waals surface area contributed by atoms with E-state index in [1.165, 1.54) is 0 Å². The van der Waals surface area contributed by atoms with E-state index in [0.29, 0.717) is 0 Å². The maximum atomic E-state index is 11.0. The fourth-order valence-electron chi connectivity index (χ4n) is 1.20. The number of carbonyl (C=O) groups is 1. The van der Waals surface area contributed by atoms with Crippen molar-refractivity contribution in [2.24, 2.45) is 0 Å². The van der Waals surface area contributed by atoms with Crippen LogP contribution >= 0.6 is 23.2 Å². The molecule has 1 aliphatic heterocycles. The summed E-state index contributed by atoms with van der Waals surface area (Å²) in [5, 5.41) is 3.06.